The van der Waals surface area contributed by atoms with Gasteiger partial charge in [-0.25, -0.2) is 0 Å². The van der Waals surface area contributed by atoms with Crippen LogP contribution in [0.3, 0.4) is 0 Å². The van der Waals surface area contributed by atoms with Gasteiger partial charge >= 0.3 is 5.97 Å². The first-order valence-corrected chi connectivity index (χ1v) is 8.16. The molecule has 1 aromatic carbocycles. The van der Waals surface area contributed by atoms with Gasteiger partial charge in [0.1, 0.15) is 5.69 Å². The van der Waals surface area contributed by atoms with E-state index in [0.29, 0.717) is 6.42 Å². The maximum Gasteiger partial charge on any atom is 0.306 e. The number of hydrogen-bond acceptors (Lipinski definition) is 6. The summed E-state index contributed by atoms with van der Waals surface area (Å²) in [6.07, 6.45) is -0.333. The van der Waals surface area contributed by atoms with E-state index in [2.05, 4.69) is 5.32 Å². The third-order valence-electron chi connectivity index (χ3n) is 3.23. The van der Waals surface area contributed by atoms with Crippen molar-refractivity contribution in [3.63, 3.8) is 0 Å². The highest BCUT2D eigenvalue weighted by molar-refractivity contribution is 7.07. The standard InChI is InChI=1S/C16H16N2O5S/c1-11(23-15(19)7-6-12-8-9-24-10-12)16(20)17-13-4-2-3-5-14(13)18(21)22/h2-5,8-11H,6-7H2,1H3,(H,17,20)/t11-/m0/s1. The summed E-state index contributed by atoms with van der Waals surface area (Å²) in [7, 11) is 0. The Bertz CT molecular complexity index is 730. The van der Waals surface area contributed by atoms with Crippen LogP contribution in [0.2, 0.25) is 0 Å². The maximum absolute atomic E-state index is 12.0. The summed E-state index contributed by atoms with van der Waals surface area (Å²) in [6, 6.07) is 7.69. The molecule has 1 N–H and O–H groups in total. The molecule has 1 aromatic heterocycles. The fourth-order valence-electron chi connectivity index (χ4n) is 1.96. The number of nitro groups is 1. The average Bonchev–Trinajstić information content (AvgIpc) is 3.06. The van der Waals surface area contributed by atoms with Crippen LogP contribution in [0.25, 0.3) is 0 Å². The second kappa shape index (κ2) is 8.21. The molecule has 0 bridgehead atoms. The lowest BCUT2D eigenvalue weighted by Gasteiger charge is -2.13. The number of nitro benzene ring substituents is 1. The van der Waals surface area contributed by atoms with Crippen molar-refractivity contribution in [2.45, 2.75) is 25.9 Å². The van der Waals surface area contributed by atoms with E-state index in [1.165, 1.54) is 25.1 Å². The lowest BCUT2D eigenvalue weighted by atomic mass is 10.2. The SMILES string of the molecule is C[C@H](OC(=O)CCc1ccsc1)C(=O)Nc1ccccc1[N+](=O)[O-]. The van der Waals surface area contributed by atoms with E-state index in [9.17, 15) is 19.7 Å². The van der Waals surface area contributed by atoms with Gasteiger partial charge < -0.3 is 10.1 Å². The Kier molecular flexibility index (Phi) is 6.02. The van der Waals surface area contributed by atoms with E-state index in [1.54, 1.807) is 17.4 Å². The zero-order chi connectivity index (χ0) is 17.5. The predicted octanol–water partition coefficient (Wildman–Crippen LogP) is 3.16. The largest absolute Gasteiger partial charge is 0.453 e. The number of amides is 1. The number of benzene rings is 1. The smallest absolute Gasteiger partial charge is 0.306 e. The van der Waals surface area contributed by atoms with Crippen molar-refractivity contribution in [2.24, 2.45) is 0 Å². The van der Waals surface area contributed by atoms with Gasteiger partial charge in [-0.3, -0.25) is 19.7 Å². The molecule has 0 unspecified atom stereocenters. The molecule has 126 valence electrons. The van der Waals surface area contributed by atoms with Gasteiger partial charge in [-0.05, 0) is 41.8 Å². The molecule has 0 aliphatic heterocycles. The van der Waals surface area contributed by atoms with Crippen molar-refractivity contribution in [2.75, 3.05) is 5.32 Å². The van der Waals surface area contributed by atoms with Crippen molar-refractivity contribution < 1.29 is 19.2 Å². The second-order valence-corrected chi connectivity index (χ2v) is 5.81. The number of carbonyl (C=O) groups excluding carboxylic acids is 2. The van der Waals surface area contributed by atoms with Gasteiger partial charge in [0.05, 0.1) is 4.92 Å². The Balaban J connectivity index is 1.88. The van der Waals surface area contributed by atoms with Gasteiger partial charge in [0.25, 0.3) is 11.6 Å². The van der Waals surface area contributed by atoms with Gasteiger partial charge in [-0.2, -0.15) is 11.3 Å². The monoisotopic (exact) mass is 348 g/mol. The lowest BCUT2D eigenvalue weighted by molar-refractivity contribution is -0.383. The number of nitrogens with one attached hydrogen (secondary N) is 1. The molecule has 2 rings (SSSR count). The normalized spacial score (nSPS) is 11.5. The van der Waals surface area contributed by atoms with Gasteiger partial charge in [-0.1, -0.05) is 12.1 Å². The topological polar surface area (TPSA) is 98.5 Å². The molecule has 0 saturated heterocycles. The highest BCUT2D eigenvalue weighted by Gasteiger charge is 2.21. The molecule has 0 spiro atoms. The summed E-state index contributed by atoms with van der Waals surface area (Å²) in [4.78, 5) is 34.1. The number of aryl methyl sites for hydroxylation is 1. The second-order valence-electron chi connectivity index (χ2n) is 5.03. The minimum Gasteiger partial charge on any atom is -0.453 e. The van der Waals surface area contributed by atoms with Crippen LogP contribution in [-0.4, -0.2) is 22.9 Å². The van der Waals surface area contributed by atoms with Crippen LogP contribution in [0.1, 0.15) is 18.9 Å². The van der Waals surface area contributed by atoms with E-state index in [1.807, 2.05) is 16.8 Å². The predicted molar refractivity (Wildman–Crippen MR) is 89.9 cm³/mol. The highest BCUT2D eigenvalue weighted by Crippen LogP contribution is 2.23. The van der Waals surface area contributed by atoms with Crippen LogP contribution in [0, 0.1) is 10.1 Å². The summed E-state index contributed by atoms with van der Waals surface area (Å²) in [5.74, 6) is -1.11. The van der Waals surface area contributed by atoms with Crippen LogP contribution < -0.4 is 5.32 Å². The minimum atomic E-state index is -1.04. The Morgan fingerprint density at radius 2 is 2.08 bits per heavy atom. The van der Waals surface area contributed by atoms with E-state index >= 15 is 0 Å². The third kappa shape index (κ3) is 4.88. The van der Waals surface area contributed by atoms with Crippen molar-refractivity contribution >= 4 is 34.6 Å². The summed E-state index contributed by atoms with van der Waals surface area (Å²) in [5, 5.41) is 17.2. The number of rotatable bonds is 7. The van der Waals surface area contributed by atoms with E-state index in [-0.39, 0.29) is 17.8 Å². The number of hydrogen-bond donors (Lipinski definition) is 1. The number of ether oxygens (including phenoxy) is 1. The Morgan fingerprint density at radius 3 is 2.75 bits per heavy atom. The summed E-state index contributed by atoms with van der Waals surface area (Å²) >= 11 is 1.54. The third-order valence-corrected chi connectivity index (χ3v) is 3.97. The molecule has 8 heteroatoms. The zero-order valence-corrected chi connectivity index (χ0v) is 13.7. The number of thiophene rings is 1. The van der Waals surface area contributed by atoms with Crippen LogP contribution in [-0.2, 0) is 20.7 Å². The molecule has 0 saturated carbocycles. The Morgan fingerprint density at radius 1 is 1.33 bits per heavy atom. The highest BCUT2D eigenvalue weighted by atomic mass is 32.1. The van der Waals surface area contributed by atoms with E-state index in [4.69, 9.17) is 4.74 Å². The first-order chi connectivity index (χ1) is 11.5. The summed E-state index contributed by atoms with van der Waals surface area (Å²) in [5.41, 5.74) is 0.879. The molecule has 0 fully saturated rings. The first-order valence-electron chi connectivity index (χ1n) is 7.22. The van der Waals surface area contributed by atoms with Crippen LogP contribution >= 0.6 is 11.3 Å². The molecule has 0 radical (unpaired) electrons. The molecule has 7 nitrogen and oxygen atoms in total. The summed E-state index contributed by atoms with van der Waals surface area (Å²) < 4.78 is 5.07. The van der Waals surface area contributed by atoms with Crippen LogP contribution in [0.5, 0.6) is 0 Å². The average molecular weight is 348 g/mol. The van der Waals surface area contributed by atoms with Gasteiger partial charge in [0.2, 0.25) is 0 Å². The fraction of sp³-hybridized carbons (Fsp3) is 0.250. The van der Waals surface area contributed by atoms with Gasteiger partial charge in [-0.15, -0.1) is 0 Å². The van der Waals surface area contributed by atoms with E-state index in [0.717, 1.165) is 5.56 Å². The van der Waals surface area contributed by atoms with Gasteiger partial charge in [0.15, 0.2) is 6.10 Å². The molecule has 0 aliphatic carbocycles. The van der Waals surface area contributed by atoms with E-state index < -0.39 is 22.9 Å². The van der Waals surface area contributed by atoms with Crippen LogP contribution in [0.4, 0.5) is 11.4 Å². The molecule has 0 aliphatic rings. The quantitative estimate of drug-likeness (QED) is 0.471. The molecule has 2 aromatic rings. The lowest BCUT2D eigenvalue weighted by Crippen LogP contribution is -2.30. The Hall–Kier alpha value is -2.74. The van der Waals surface area contributed by atoms with Crippen molar-refractivity contribution in [1.29, 1.82) is 0 Å². The zero-order valence-electron chi connectivity index (χ0n) is 12.9. The number of anilines is 1. The molecule has 1 atom stereocenters. The van der Waals surface area contributed by atoms with Crippen molar-refractivity contribution in [3.8, 4) is 0 Å². The number of esters is 1. The molecule has 24 heavy (non-hydrogen) atoms. The molecular weight excluding hydrogens is 332 g/mol. The molecular formula is C16H16N2O5S. The molecule has 1 amide bonds. The van der Waals surface area contributed by atoms with Crippen molar-refractivity contribution in [1.82, 2.24) is 0 Å². The number of nitrogens with zero attached hydrogens (tertiary/aromatic N) is 1. The fourth-order valence-corrected chi connectivity index (χ4v) is 2.67. The summed E-state index contributed by atoms with van der Waals surface area (Å²) in [6.45, 7) is 1.42. The van der Waals surface area contributed by atoms with Crippen LogP contribution in [0.15, 0.2) is 41.1 Å². The number of carbonyl (C=O) groups is 2. The van der Waals surface area contributed by atoms with Crippen molar-refractivity contribution in [3.05, 3.63) is 56.8 Å². The first kappa shape index (κ1) is 17.6. The maximum atomic E-state index is 12.0. The Labute approximate surface area is 142 Å². The van der Waals surface area contributed by atoms with Gasteiger partial charge in [0, 0.05) is 12.5 Å². The minimum absolute atomic E-state index is 0.0636. The number of para-hydroxylation sites is 2. The molecule has 1 heterocycles.